The van der Waals surface area contributed by atoms with Gasteiger partial charge < -0.3 is 5.32 Å². The Bertz CT molecular complexity index is 220. The molecular formula is C13H25ClN2. The van der Waals surface area contributed by atoms with Gasteiger partial charge in [0.1, 0.15) is 0 Å². The van der Waals surface area contributed by atoms with Crippen molar-refractivity contribution in [1.82, 2.24) is 10.2 Å². The van der Waals surface area contributed by atoms with Crippen LogP contribution in [0.3, 0.4) is 0 Å². The van der Waals surface area contributed by atoms with Crippen molar-refractivity contribution in [2.24, 2.45) is 5.92 Å². The molecule has 1 atom stereocenters. The number of hydrogen-bond donors (Lipinski definition) is 1. The molecule has 1 aliphatic rings. The molecule has 1 fully saturated rings. The van der Waals surface area contributed by atoms with Crippen LogP contribution in [0.4, 0.5) is 0 Å². The van der Waals surface area contributed by atoms with Gasteiger partial charge in [-0.25, -0.2) is 0 Å². The third-order valence-corrected chi connectivity index (χ3v) is 3.30. The molecule has 2 nitrogen and oxygen atoms in total. The lowest BCUT2D eigenvalue weighted by Crippen LogP contribution is -2.40. The molecule has 0 radical (unpaired) electrons. The predicted octanol–water partition coefficient (Wildman–Crippen LogP) is 2.84. The fourth-order valence-corrected chi connectivity index (χ4v) is 2.40. The Balaban J connectivity index is 2.42. The van der Waals surface area contributed by atoms with Gasteiger partial charge in [0.15, 0.2) is 0 Å². The fourth-order valence-electron chi connectivity index (χ4n) is 2.33. The molecule has 1 unspecified atom stereocenters. The van der Waals surface area contributed by atoms with Crippen LogP contribution < -0.4 is 5.32 Å². The minimum Gasteiger partial charge on any atom is -0.313 e. The molecule has 0 amide bonds. The van der Waals surface area contributed by atoms with E-state index in [1.165, 1.54) is 25.0 Å². The summed E-state index contributed by atoms with van der Waals surface area (Å²) in [6, 6.07) is 0.682. The monoisotopic (exact) mass is 244 g/mol. The van der Waals surface area contributed by atoms with Gasteiger partial charge in [-0.3, -0.25) is 4.90 Å². The third-order valence-electron chi connectivity index (χ3n) is 2.92. The second kappa shape index (κ2) is 7.31. The molecule has 94 valence electrons. The van der Waals surface area contributed by atoms with Gasteiger partial charge in [0.2, 0.25) is 0 Å². The number of nitrogens with zero attached hydrogens (tertiary/aromatic N) is 1. The minimum absolute atomic E-state index is 0.682. The third kappa shape index (κ3) is 5.33. The van der Waals surface area contributed by atoms with Gasteiger partial charge in [-0.15, -0.1) is 0 Å². The lowest BCUT2D eigenvalue weighted by molar-refractivity contribution is 0.241. The first kappa shape index (κ1) is 14.0. The molecule has 0 saturated carbocycles. The minimum atomic E-state index is 0.682. The first-order valence-electron chi connectivity index (χ1n) is 6.33. The van der Waals surface area contributed by atoms with E-state index in [1.54, 1.807) is 5.54 Å². The average Bonchev–Trinajstić information content (AvgIpc) is 2.69. The lowest BCUT2D eigenvalue weighted by Gasteiger charge is -2.27. The maximum absolute atomic E-state index is 5.74. The fraction of sp³-hybridized carbons (Fsp3) is 0.846. The van der Waals surface area contributed by atoms with Gasteiger partial charge >= 0.3 is 0 Å². The molecule has 1 aliphatic heterocycles. The van der Waals surface area contributed by atoms with Gasteiger partial charge in [0, 0.05) is 31.2 Å². The Hall–Kier alpha value is -0.0500. The van der Waals surface area contributed by atoms with Gasteiger partial charge in [-0.05, 0) is 37.8 Å². The van der Waals surface area contributed by atoms with Crippen LogP contribution in [-0.4, -0.2) is 37.1 Å². The van der Waals surface area contributed by atoms with Crippen LogP contribution in [0, 0.1) is 5.92 Å². The highest BCUT2D eigenvalue weighted by atomic mass is 35.5. The molecule has 0 aromatic heterocycles. The molecule has 0 bridgehead atoms. The quantitative estimate of drug-likeness (QED) is 0.773. The Morgan fingerprint density at radius 2 is 2.31 bits per heavy atom. The Morgan fingerprint density at radius 1 is 1.56 bits per heavy atom. The summed E-state index contributed by atoms with van der Waals surface area (Å²) in [5.74, 6) is 0.713. The Kier molecular flexibility index (Phi) is 6.40. The SMILES string of the molecule is CC(=CCl)CN(CC(C)C)CC1CCCN1. The standard InChI is InChI=1S/C13H25ClN2/c1-11(2)8-16(9-12(3)7-14)10-13-5-4-6-15-13/h7,11,13,15H,4-6,8-10H2,1-3H3. The van der Waals surface area contributed by atoms with E-state index in [4.69, 9.17) is 11.6 Å². The van der Waals surface area contributed by atoms with Crippen molar-refractivity contribution in [3.05, 3.63) is 11.1 Å². The van der Waals surface area contributed by atoms with Crippen molar-refractivity contribution < 1.29 is 0 Å². The highest BCUT2D eigenvalue weighted by Gasteiger charge is 2.18. The van der Waals surface area contributed by atoms with Crippen molar-refractivity contribution in [1.29, 1.82) is 0 Å². The molecule has 1 saturated heterocycles. The second-order valence-corrected chi connectivity index (χ2v) is 5.55. The molecule has 0 aliphatic carbocycles. The molecule has 1 N–H and O–H groups in total. The maximum Gasteiger partial charge on any atom is 0.0202 e. The topological polar surface area (TPSA) is 15.3 Å². The lowest BCUT2D eigenvalue weighted by atomic mass is 10.1. The summed E-state index contributed by atoms with van der Waals surface area (Å²) in [5.41, 5.74) is 2.95. The molecule has 0 spiro atoms. The van der Waals surface area contributed by atoms with E-state index in [-0.39, 0.29) is 0 Å². The molecule has 16 heavy (non-hydrogen) atoms. The second-order valence-electron chi connectivity index (χ2n) is 5.34. The summed E-state index contributed by atoms with van der Waals surface area (Å²) in [7, 11) is 0. The first-order chi connectivity index (χ1) is 7.61. The number of nitrogens with one attached hydrogen (secondary N) is 1. The van der Waals surface area contributed by atoms with Crippen LogP contribution in [0.1, 0.15) is 33.6 Å². The highest BCUT2D eigenvalue weighted by Crippen LogP contribution is 2.10. The zero-order valence-electron chi connectivity index (χ0n) is 10.8. The van der Waals surface area contributed by atoms with Crippen LogP contribution in [0.5, 0.6) is 0 Å². The van der Waals surface area contributed by atoms with E-state index in [1.807, 2.05) is 0 Å². The normalized spacial score (nSPS) is 22.4. The largest absolute Gasteiger partial charge is 0.313 e. The van der Waals surface area contributed by atoms with E-state index in [2.05, 4.69) is 31.0 Å². The van der Waals surface area contributed by atoms with Crippen molar-refractivity contribution in [2.45, 2.75) is 39.7 Å². The zero-order valence-corrected chi connectivity index (χ0v) is 11.6. The molecule has 0 aromatic carbocycles. The number of hydrogen-bond acceptors (Lipinski definition) is 2. The molecule has 3 heteroatoms. The smallest absolute Gasteiger partial charge is 0.0202 e. The number of halogens is 1. The summed E-state index contributed by atoms with van der Waals surface area (Å²) in [6.45, 7) is 11.1. The van der Waals surface area contributed by atoms with E-state index in [0.717, 1.165) is 19.6 Å². The van der Waals surface area contributed by atoms with Crippen molar-refractivity contribution in [3.63, 3.8) is 0 Å². The van der Waals surface area contributed by atoms with Crippen molar-refractivity contribution >= 4 is 11.6 Å². The Labute approximate surface area is 105 Å². The van der Waals surface area contributed by atoms with Crippen LogP contribution in [-0.2, 0) is 0 Å². The summed E-state index contributed by atoms with van der Waals surface area (Å²) < 4.78 is 0. The molecule has 1 rings (SSSR count). The Morgan fingerprint density at radius 3 is 2.81 bits per heavy atom. The molecule has 1 heterocycles. The maximum atomic E-state index is 5.74. The van der Waals surface area contributed by atoms with Gasteiger partial charge in [0.25, 0.3) is 0 Å². The van der Waals surface area contributed by atoms with E-state index < -0.39 is 0 Å². The van der Waals surface area contributed by atoms with Gasteiger partial charge in [-0.2, -0.15) is 0 Å². The van der Waals surface area contributed by atoms with E-state index in [0.29, 0.717) is 12.0 Å². The van der Waals surface area contributed by atoms with E-state index >= 15 is 0 Å². The summed E-state index contributed by atoms with van der Waals surface area (Å²) in [5, 5.41) is 3.56. The zero-order chi connectivity index (χ0) is 12.0. The summed E-state index contributed by atoms with van der Waals surface area (Å²) >= 11 is 5.74. The number of rotatable bonds is 6. The van der Waals surface area contributed by atoms with Gasteiger partial charge in [-0.1, -0.05) is 25.4 Å². The van der Waals surface area contributed by atoms with Crippen LogP contribution in [0.25, 0.3) is 0 Å². The average molecular weight is 245 g/mol. The van der Waals surface area contributed by atoms with Crippen LogP contribution in [0.15, 0.2) is 11.1 Å². The van der Waals surface area contributed by atoms with Crippen LogP contribution >= 0.6 is 11.6 Å². The first-order valence-corrected chi connectivity index (χ1v) is 6.77. The van der Waals surface area contributed by atoms with Crippen molar-refractivity contribution in [2.75, 3.05) is 26.2 Å². The molecule has 0 aromatic rings. The van der Waals surface area contributed by atoms with E-state index in [9.17, 15) is 0 Å². The van der Waals surface area contributed by atoms with Gasteiger partial charge in [0.05, 0.1) is 0 Å². The van der Waals surface area contributed by atoms with Crippen LogP contribution in [0.2, 0.25) is 0 Å². The predicted molar refractivity (Wildman–Crippen MR) is 71.9 cm³/mol. The summed E-state index contributed by atoms with van der Waals surface area (Å²) in [6.07, 6.45) is 2.64. The summed E-state index contributed by atoms with van der Waals surface area (Å²) in [4.78, 5) is 2.52. The molecular weight excluding hydrogens is 220 g/mol. The highest BCUT2D eigenvalue weighted by molar-refractivity contribution is 6.25. The van der Waals surface area contributed by atoms with Crippen molar-refractivity contribution in [3.8, 4) is 0 Å².